The van der Waals surface area contributed by atoms with Gasteiger partial charge in [0.1, 0.15) is 0 Å². The maximum atomic E-state index is 12.5. The van der Waals surface area contributed by atoms with E-state index < -0.39 is 0 Å². The van der Waals surface area contributed by atoms with Gasteiger partial charge in [0.15, 0.2) is 0 Å². The van der Waals surface area contributed by atoms with E-state index >= 15 is 0 Å². The van der Waals surface area contributed by atoms with Gasteiger partial charge in [-0.1, -0.05) is 36.4 Å². The number of piperazine rings is 1. The van der Waals surface area contributed by atoms with Crippen LogP contribution in [-0.2, 0) is 6.54 Å². The van der Waals surface area contributed by atoms with Gasteiger partial charge in [0.25, 0.3) is 0 Å². The minimum atomic E-state index is -0.0212. The largest absolute Gasteiger partial charge is 0.322 e. The topological polar surface area (TPSA) is 48.5 Å². The van der Waals surface area contributed by atoms with Crippen molar-refractivity contribution in [2.75, 3.05) is 31.5 Å². The zero-order chi connectivity index (χ0) is 18.6. The van der Waals surface area contributed by atoms with Crippen LogP contribution in [-0.4, -0.2) is 47.0 Å². The molecule has 0 radical (unpaired) electrons. The summed E-state index contributed by atoms with van der Waals surface area (Å²) in [7, 11) is 0. The molecule has 1 aliphatic rings. The Labute approximate surface area is 159 Å². The van der Waals surface area contributed by atoms with E-state index in [1.807, 2.05) is 48.4 Å². The van der Waals surface area contributed by atoms with Crippen LogP contribution in [0.1, 0.15) is 11.1 Å². The summed E-state index contributed by atoms with van der Waals surface area (Å²) in [5.74, 6) is 0. The second-order valence-corrected chi connectivity index (χ2v) is 7.06. The molecule has 0 aliphatic carbocycles. The van der Waals surface area contributed by atoms with E-state index in [9.17, 15) is 4.79 Å². The van der Waals surface area contributed by atoms with Gasteiger partial charge in [0.2, 0.25) is 0 Å². The minimum absolute atomic E-state index is 0.0212. The number of aryl methyl sites for hydroxylation is 1. The molecular formula is C22H24N4O. The van der Waals surface area contributed by atoms with Crippen molar-refractivity contribution in [2.45, 2.75) is 13.5 Å². The molecule has 138 valence electrons. The van der Waals surface area contributed by atoms with Gasteiger partial charge in [-0.15, -0.1) is 0 Å². The van der Waals surface area contributed by atoms with Crippen LogP contribution in [0.4, 0.5) is 10.5 Å². The smallest absolute Gasteiger partial charge is 0.321 e. The van der Waals surface area contributed by atoms with Crippen molar-refractivity contribution in [3.63, 3.8) is 0 Å². The number of amides is 2. The Hall–Kier alpha value is -2.92. The van der Waals surface area contributed by atoms with E-state index in [0.717, 1.165) is 49.5 Å². The molecule has 1 fully saturated rings. The van der Waals surface area contributed by atoms with Crippen molar-refractivity contribution in [2.24, 2.45) is 0 Å². The summed E-state index contributed by atoms with van der Waals surface area (Å²) in [6.45, 7) is 6.08. The van der Waals surface area contributed by atoms with E-state index in [-0.39, 0.29) is 6.03 Å². The van der Waals surface area contributed by atoms with Crippen LogP contribution in [0, 0.1) is 6.92 Å². The maximum absolute atomic E-state index is 12.5. The predicted octanol–water partition coefficient (Wildman–Crippen LogP) is 3.89. The van der Waals surface area contributed by atoms with Gasteiger partial charge >= 0.3 is 6.03 Å². The Morgan fingerprint density at radius 1 is 1.04 bits per heavy atom. The highest BCUT2D eigenvalue weighted by molar-refractivity contribution is 5.89. The lowest BCUT2D eigenvalue weighted by molar-refractivity contribution is 0.143. The predicted molar refractivity (Wildman–Crippen MR) is 109 cm³/mol. The number of rotatable bonds is 3. The number of pyridine rings is 1. The maximum Gasteiger partial charge on any atom is 0.321 e. The molecule has 1 saturated heterocycles. The average Bonchev–Trinajstić information content (AvgIpc) is 2.69. The molecule has 0 atom stereocenters. The number of hydrogen-bond donors (Lipinski definition) is 1. The number of benzene rings is 2. The number of carbonyl (C=O) groups excluding carboxylic acids is 1. The fraction of sp³-hybridized carbons (Fsp3) is 0.273. The Bertz CT molecular complexity index is 942. The van der Waals surface area contributed by atoms with E-state index in [0.29, 0.717) is 0 Å². The number of hydrogen-bond acceptors (Lipinski definition) is 3. The monoisotopic (exact) mass is 360 g/mol. The summed E-state index contributed by atoms with van der Waals surface area (Å²) >= 11 is 0. The van der Waals surface area contributed by atoms with Gasteiger partial charge in [0.05, 0.1) is 5.52 Å². The quantitative estimate of drug-likeness (QED) is 0.771. The molecule has 1 N–H and O–H groups in total. The Kier molecular flexibility index (Phi) is 5.03. The number of fused-ring (bicyclic) bond motifs is 1. The molecule has 5 heteroatoms. The zero-order valence-electron chi connectivity index (χ0n) is 15.6. The SMILES string of the molecule is Cc1cccc(NC(=O)N2CCN(Cc3cccc4cccnc34)CC2)c1. The number of para-hydroxylation sites is 1. The van der Waals surface area contributed by atoms with Gasteiger partial charge in [-0.2, -0.15) is 0 Å². The summed E-state index contributed by atoms with van der Waals surface area (Å²) in [6.07, 6.45) is 1.85. The van der Waals surface area contributed by atoms with Crippen molar-refractivity contribution >= 4 is 22.6 Å². The van der Waals surface area contributed by atoms with Crippen molar-refractivity contribution < 1.29 is 4.79 Å². The molecule has 0 spiro atoms. The highest BCUT2D eigenvalue weighted by atomic mass is 16.2. The van der Waals surface area contributed by atoms with Crippen molar-refractivity contribution in [3.05, 3.63) is 71.9 Å². The number of nitrogens with zero attached hydrogens (tertiary/aromatic N) is 3. The van der Waals surface area contributed by atoms with Crippen LogP contribution in [0.5, 0.6) is 0 Å². The van der Waals surface area contributed by atoms with E-state index in [4.69, 9.17) is 0 Å². The van der Waals surface area contributed by atoms with Gasteiger partial charge in [-0.05, 0) is 36.2 Å². The normalized spacial score (nSPS) is 15.1. The molecule has 0 bridgehead atoms. The van der Waals surface area contributed by atoms with Crippen molar-refractivity contribution in [1.82, 2.24) is 14.8 Å². The number of urea groups is 1. The summed E-state index contributed by atoms with van der Waals surface area (Å²) in [5.41, 5.74) is 4.30. The third-order valence-electron chi connectivity index (χ3n) is 5.04. The Morgan fingerprint density at radius 2 is 1.81 bits per heavy atom. The van der Waals surface area contributed by atoms with Crippen molar-refractivity contribution in [3.8, 4) is 0 Å². The molecule has 1 aliphatic heterocycles. The lowest BCUT2D eigenvalue weighted by Crippen LogP contribution is -2.49. The second kappa shape index (κ2) is 7.76. The molecular weight excluding hydrogens is 336 g/mol. The number of anilines is 1. The lowest BCUT2D eigenvalue weighted by Gasteiger charge is -2.34. The summed E-state index contributed by atoms with van der Waals surface area (Å²) in [6, 6.07) is 18.3. The number of aromatic nitrogens is 1. The molecule has 2 aromatic carbocycles. The number of carbonyl (C=O) groups is 1. The third kappa shape index (κ3) is 4.09. The molecule has 4 rings (SSSR count). The van der Waals surface area contributed by atoms with Gasteiger partial charge in [-0.25, -0.2) is 4.79 Å². The number of nitrogens with one attached hydrogen (secondary N) is 1. The van der Waals surface area contributed by atoms with E-state index in [1.54, 1.807) is 0 Å². The molecule has 2 amide bonds. The first kappa shape index (κ1) is 17.5. The molecule has 2 heterocycles. The Balaban J connectivity index is 1.35. The standard InChI is InChI=1S/C22H24N4O/c1-17-5-2-9-20(15-17)24-22(27)26-13-11-25(12-14-26)16-19-7-3-6-18-8-4-10-23-21(18)19/h2-10,15H,11-14,16H2,1H3,(H,24,27). The second-order valence-electron chi connectivity index (χ2n) is 7.06. The van der Waals surface area contributed by atoms with Crippen molar-refractivity contribution in [1.29, 1.82) is 0 Å². The van der Waals surface area contributed by atoms with Gasteiger partial charge in [0, 0.05) is 50.0 Å². The Morgan fingerprint density at radius 3 is 2.63 bits per heavy atom. The first-order valence-corrected chi connectivity index (χ1v) is 9.36. The fourth-order valence-corrected chi connectivity index (χ4v) is 3.57. The van der Waals surface area contributed by atoms with Crippen LogP contribution in [0.25, 0.3) is 10.9 Å². The minimum Gasteiger partial charge on any atom is -0.322 e. The first-order valence-electron chi connectivity index (χ1n) is 9.36. The van der Waals surface area contributed by atoms with Crippen LogP contribution in [0.15, 0.2) is 60.8 Å². The lowest BCUT2D eigenvalue weighted by atomic mass is 10.1. The average molecular weight is 360 g/mol. The fourth-order valence-electron chi connectivity index (χ4n) is 3.57. The first-order chi connectivity index (χ1) is 13.2. The summed E-state index contributed by atoms with van der Waals surface area (Å²) in [4.78, 5) is 21.3. The molecule has 0 unspecified atom stereocenters. The van der Waals surface area contributed by atoms with Crippen LogP contribution in [0.3, 0.4) is 0 Å². The highest BCUT2D eigenvalue weighted by Gasteiger charge is 2.21. The molecule has 27 heavy (non-hydrogen) atoms. The van der Waals surface area contributed by atoms with E-state index in [2.05, 4.69) is 39.5 Å². The highest BCUT2D eigenvalue weighted by Crippen LogP contribution is 2.19. The van der Waals surface area contributed by atoms with Gasteiger partial charge < -0.3 is 10.2 Å². The van der Waals surface area contributed by atoms with Crippen LogP contribution < -0.4 is 5.32 Å². The van der Waals surface area contributed by atoms with Gasteiger partial charge in [-0.3, -0.25) is 9.88 Å². The van der Waals surface area contributed by atoms with Crippen LogP contribution in [0.2, 0.25) is 0 Å². The van der Waals surface area contributed by atoms with Crippen LogP contribution >= 0.6 is 0 Å². The molecule has 5 nitrogen and oxygen atoms in total. The third-order valence-corrected chi connectivity index (χ3v) is 5.04. The molecule has 1 aromatic heterocycles. The summed E-state index contributed by atoms with van der Waals surface area (Å²) in [5, 5.41) is 4.17. The molecule has 3 aromatic rings. The zero-order valence-corrected chi connectivity index (χ0v) is 15.6. The van der Waals surface area contributed by atoms with E-state index in [1.165, 1.54) is 10.9 Å². The molecule has 0 saturated carbocycles. The summed E-state index contributed by atoms with van der Waals surface area (Å²) < 4.78 is 0.